The number of nitrogens with zero attached hydrogens (tertiary/aromatic N) is 5. The topological polar surface area (TPSA) is 73.1 Å². The van der Waals surface area contributed by atoms with Crippen molar-refractivity contribution in [1.29, 1.82) is 0 Å². The monoisotopic (exact) mass is 409 g/mol. The third-order valence-corrected chi connectivity index (χ3v) is 5.93. The highest BCUT2D eigenvalue weighted by Gasteiger charge is 2.22. The second kappa shape index (κ2) is 9.19. The first-order valence-corrected chi connectivity index (χ1v) is 10.5. The first-order chi connectivity index (χ1) is 14.3. The molecule has 0 fully saturated rings. The zero-order chi connectivity index (χ0) is 20.1. The number of carbonyl (C=O) groups excluding carboxylic acids is 1. The maximum atomic E-state index is 12.8. The Hall–Kier alpha value is -2.71. The molecule has 3 aromatic rings. The molecule has 0 N–H and O–H groups in total. The SMILES string of the molecule is COCCn1c(SCC(=O)N2CCc3ccccc3C2)nnc1-c1ccncc1. The molecule has 0 saturated heterocycles. The largest absolute Gasteiger partial charge is 0.383 e. The summed E-state index contributed by atoms with van der Waals surface area (Å²) in [7, 11) is 1.67. The van der Waals surface area contributed by atoms with Gasteiger partial charge in [-0.25, -0.2) is 0 Å². The van der Waals surface area contributed by atoms with Crippen LogP contribution < -0.4 is 0 Å². The van der Waals surface area contributed by atoms with Crippen LogP contribution in [0, 0.1) is 0 Å². The van der Waals surface area contributed by atoms with Gasteiger partial charge >= 0.3 is 0 Å². The molecule has 0 spiro atoms. The Morgan fingerprint density at radius 1 is 1.14 bits per heavy atom. The zero-order valence-corrected chi connectivity index (χ0v) is 17.1. The molecular weight excluding hydrogens is 386 g/mol. The highest BCUT2D eigenvalue weighted by atomic mass is 32.2. The number of hydrogen-bond donors (Lipinski definition) is 0. The summed E-state index contributed by atoms with van der Waals surface area (Å²) in [6.45, 7) is 2.60. The number of aromatic nitrogens is 4. The van der Waals surface area contributed by atoms with Crippen molar-refractivity contribution in [3.63, 3.8) is 0 Å². The van der Waals surface area contributed by atoms with Gasteiger partial charge < -0.3 is 9.64 Å². The van der Waals surface area contributed by atoms with Crippen LogP contribution in [0.15, 0.2) is 53.9 Å². The zero-order valence-electron chi connectivity index (χ0n) is 16.3. The number of ether oxygens (including phenoxy) is 1. The van der Waals surface area contributed by atoms with Gasteiger partial charge in [-0.3, -0.25) is 14.3 Å². The molecule has 3 heterocycles. The fourth-order valence-corrected chi connectivity index (χ4v) is 4.29. The summed E-state index contributed by atoms with van der Waals surface area (Å²) in [6.07, 6.45) is 4.37. The number of rotatable bonds is 7. The van der Waals surface area contributed by atoms with Crippen LogP contribution in [0.3, 0.4) is 0 Å². The molecule has 0 atom stereocenters. The van der Waals surface area contributed by atoms with Crippen molar-refractivity contribution in [3.8, 4) is 11.4 Å². The second-order valence-electron chi connectivity index (χ2n) is 6.81. The summed E-state index contributed by atoms with van der Waals surface area (Å²) in [4.78, 5) is 18.8. The summed E-state index contributed by atoms with van der Waals surface area (Å²) in [5.74, 6) is 1.21. The number of amides is 1. The lowest BCUT2D eigenvalue weighted by Gasteiger charge is -2.28. The van der Waals surface area contributed by atoms with Crippen molar-refractivity contribution in [2.24, 2.45) is 0 Å². The Morgan fingerprint density at radius 3 is 2.72 bits per heavy atom. The van der Waals surface area contributed by atoms with E-state index in [1.54, 1.807) is 19.5 Å². The third-order valence-electron chi connectivity index (χ3n) is 4.98. The predicted octanol–water partition coefficient (Wildman–Crippen LogP) is 2.66. The van der Waals surface area contributed by atoms with Gasteiger partial charge in [0.2, 0.25) is 5.91 Å². The van der Waals surface area contributed by atoms with Gasteiger partial charge in [0.25, 0.3) is 0 Å². The Bertz CT molecular complexity index is 976. The van der Waals surface area contributed by atoms with Gasteiger partial charge in [0.15, 0.2) is 11.0 Å². The van der Waals surface area contributed by atoms with Gasteiger partial charge in [0.1, 0.15) is 0 Å². The molecule has 1 amide bonds. The maximum Gasteiger partial charge on any atom is 0.233 e. The van der Waals surface area contributed by atoms with Gasteiger partial charge in [0, 0.05) is 38.2 Å². The van der Waals surface area contributed by atoms with E-state index in [2.05, 4.69) is 33.4 Å². The average Bonchev–Trinajstić information content (AvgIpc) is 3.19. The summed E-state index contributed by atoms with van der Waals surface area (Å²) in [5.41, 5.74) is 3.51. The summed E-state index contributed by atoms with van der Waals surface area (Å²) < 4.78 is 7.24. The van der Waals surface area contributed by atoms with Gasteiger partial charge in [-0.2, -0.15) is 0 Å². The molecule has 8 heteroatoms. The van der Waals surface area contributed by atoms with E-state index in [0.29, 0.717) is 25.4 Å². The molecule has 150 valence electrons. The molecule has 1 aromatic carbocycles. The second-order valence-corrected chi connectivity index (χ2v) is 7.75. The molecule has 0 unspecified atom stereocenters. The van der Waals surface area contributed by atoms with Crippen molar-refractivity contribution in [2.75, 3.05) is 26.0 Å². The molecule has 0 aliphatic carbocycles. The first-order valence-electron chi connectivity index (χ1n) is 9.56. The predicted molar refractivity (Wildman–Crippen MR) is 111 cm³/mol. The van der Waals surface area contributed by atoms with E-state index < -0.39 is 0 Å². The van der Waals surface area contributed by atoms with Crippen molar-refractivity contribution < 1.29 is 9.53 Å². The van der Waals surface area contributed by atoms with Crippen molar-refractivity contribution in [1.82, 2.24) is 24.6 Å². The van der Waals surface area contributed by atoms with E-state index in [-0.39, 0.29) is 5.91 Å². The fourth-order valence-electron chi connectivity index (χ4n) is 3.42. The smallest absolute Gasteiger partial charge is 0.233 e. The molecule has 7 nitrogen and oxygen atoms in total. The Labute approximate surface area is 174 Å². The number of hydrogen-bond acceptors (Lipinski definition) is 6. The van der Waals surface area contributed by atoms with Crippen LogP contribution in [-0.4, -0.2) is 56.6 Å². The van der Waals surface area contributed by atoms with E-state index >= 15 is 0 Å². The van der Waals surface area contributed by atoms with Gasteiger partial charge in [0.05, 0.1) is 18.9 Å². The number of methoxy groups -OCH3 is 1. The lowest BCUT2D eigenvalue weighted by atomic mass is 10.00. The van der Waals surface area contributed by atoms with Crippen LogP contribution in [0.5, 0.6) is 0 Å². The van der Waals surface area contributed by atoms with Crippen LogP contribution in [0.2, 0.25) is 0 Å². The van der Waals surface area contributed by atoms with Crippen LogP contribution in [0.1, 0.15) is 11.1 Å². The molecule has 1 aliphatic heterocycles. The normalized spacial score (nSPS) is 13.3. The molecule has 1 aliphatic rings. The number of benzene rings is 1. The minimum Gasteiger partial charge on any atom is -0.383 e. The Balaban J connectivity index is 1.45. The lowest BCUT2D eigenvalue weighted by Crippen LogP contribution is -2.37. The average molecular weight is 410 g/mol. The summed E-state index contributed by atoms with van der Waals surface area (Å²) >= 11 is 1.42. The standard InChI is InChI=1S/C21H23N5O2S/c1-28-13-12-26-20(17-6-9-22-10-7-17)23-24-21(26)29-15-19(27)25-11-8-16-4-2-3-5-18(16)14-25/h2-7,9-10H,8,11-15H2,1H3. The molecule has 0 saturated carbocycles. The van der Waals surface area contributed by atoms with E-state index in [1.165, 1.54) is 22.9 Å². The number of carbonyl (C=O) groups is 1. The lowest BCUT2D eigenvalue weighted by molar-refractivity contribution is -0.129. The highest BCUT2D eigenvalue weighted by Crippen LogP contribution is 2.25. The van der Waals surface area contributed by atoms with E-state index in [9.17, 15) is 4.79 Å². The van der Waals surface area contributed by atoms with Gasteiger partial charge in [-0.15, -0.1) is 10.2 Å². The molecule has 2 aromatic heterocycles. The summed E-state index contributed by atoms with van der Waals surface area (Å²) in [6, 6.07) is 12.1. The van der Waals surface area contributed by atoms with Crippen molar-refractivity contribution >= 4 is 17.7 Å². The quantitative estimate of drug-likeness (QED) is 0.559. The molecule has 29 heavy (non-hydrogen) atoms. The molecule has 4 rings (SSSR count). The number of fused-ring (bicyclic) bond motifs is 1. The van der Waals surface area contributed by atoms with Crippen molar-refractivity contribution in [2.45, 2.75) is 24.7 Å². The molecule has 0 radical (unpaired) electrons. The minimum atomic E-state index is 0.122. The number of pyridine rings is 1. The van der Waals surface area contributed by atoms with E-state index in [1.807, 2.05) is 27.7 Å². The van der Waals surface area contributed by atoms with Crippen LogP contribution in [0.4, 0.5) is 0 Å². The number of thioether (sulfide) groups is 1. The van der Waals surface area contributed by atoms with Crippen LogP contribution in [0.25, 0.3) is 11.4 Å². The van der Waals surface area contributed by atoms with E-state index in [4.69, 9.17) is 4.74 Å². The third kappa shape index (κ3) is 4.49. The molecule has 0 bridgehead atoms. The Kier molecular flexibility index (Phi) is 6.21. The molecular formula is C21H23N5O2S. The van der Waals surface area contributed by atoms with Gasteiger partial charge in [-0.1, -0.05) is 36.0 Å². The van der Waals surface area contributed by atoms with E-state index in [0.717, 1.165) is 29.5 Å². The fraction of sp³-hybridized carbons (Fsp3) is 0.333. The van der Waals surface area contributed by atoms with Crippen LogP contribution in [-0.2, 0) is 29.0 Å². The maximum absolute atomic E-state index is 12.8. The minimum absolute atomic E-state index is 0.122. The Morgan fingerprint density at radius 2 is 1.93 bits per heavy atom. The van der Waals surface area contributed by atoms with Crippen LogP contribution >= 0.6 is 11.8 Å². The summed E-state index contributed by atoms with van der Waals surface area (Å²) in [5, 5.41) is 9.39. The highest BCUT2D eigenvalue weighted by molar-refractivity contribution is 7.99. The first kappa shape index (κ1) is 19.6. The van der Waals surface area contributed by atoms with Crippen molar-refractivity contribution in [3.05, 3.63) is 59.9 Å². The van der Waals surface area contributed by atoms with Gasteiger partial charge in [-0.05, 0) is 29.7 Å².